The minimum Gasteiger partial charge on any atom is -0.378 e. The molecule has 0 spiro atoms. The molecule has 1 aliphatic rings. The Hall–Kier alpha value is -0.930. The Kier molecular flexibility index (Phi) is 5.34. The van der Waals surface area contributed by atoms with Crippen LogP contribution in [0.25, 0.3) is 0 Å². The van der Waals surface area contributed by atoms with E-state index in [2.05, 4.69) is 5.32 Å². The van der Waals surface area contributed by atoms with Gasteiger partial charge in [0.05, 0.1) is 6.10 Å². The summed E-state index contributed by atoms with van der Waals surface area (Å²) in [5.74, 6) is -0.127. The Morgan fingerprint density at radius 1 is 1.47 bits per heavy atom. The SMILES string of the molecule is CNC(CCCC1CCCO1)c1ccc(F)c(C)c1. The summed E-state index contributed by atoms with van der Waals surface area (Å²) in [6.07, 6.45) is 6.23. The average molecular weight is 265 g/mol. The predicted octanol–water partition coefficient (Wildman–Crippen LogP) is 3.74. The van der Waals surface area contributed by atoms with Crippen molar-refractivity contribution >= 4 is 0 Å². The summed E-state index contributed by atoms with van der Waals surface area (Å²) in [7, 11) is 1.97. The number of aryl methyl sites for hydroxylation is 1. The molecule has 2 nitrogen and oxygen atoms in total. The Morgan fingerprint density at radius 3 is 2.95 bits per heavy atom. The Morgan fingerprint density at radius 2 is 2.32 bits per heavy atom. The molecular formula is C16H24FNO. The van der Waals surface area contributed by atoms with Crippen LogP contribution in [0, 0.1) is 12.7 Å². The first kappa shape index (κ1) is 14.5. The third kappa shape index (κ3) is 4.02. The van der Waals surface area contributed by atoms with Crippen molar-refractivity contribution in [3.8, 4) is 0 Å². The van der Waals surface area contributed by atoms with Crippen LogP contribution in [0.2, 0.25) is 0 Å². The summed E-state index contributed by atoms with van der Waals surface area (Å²) < 4.78 is 18.9. The lowest BCUT2D eigenvalue weighted by molar-refractivity contribution is 0.101. The second kappa shape index (κ2) is 7.01. The number of rotatable bonds is 6. The number of halogens is 1. The lowest BCUT2D eigenvalue weighted by atomic mass is 9.98. The van der Waals surface area contributed by atoms with E-state index >= 15 is 0 Å². The van der Waals surface area contributed by atoms with Gasteiger partial charge in [-0.2, -0.15) is 0 Å². The van der Waals surface area contributed by atoms with E-state index in [0.717, 1.165) is 31.4 Å². The van der Waals surface area contributed by atoms with Gasteiger partial charge in [0.2, 0.25) is 0 Å². The maximum absolute atomic E-state index is 13.3. The molecule has 0 aliphatic carbocycles. The van der Waals surface area contributed by atoms with Crippen LogP contribution in [-0.2, 0) is 4.74 Å². The first-order chi connectivity index (χ1) is 9.20. The fourth-order valence-electron chi connectivity index (χ4n) is 2.78. The Bertz CT molecular complexity index is 402. The molecule has 1 heterocycles. The molecule has 19 heavy (non-hydrogen) atoms. The van der Waals surface area contributed by atoms with E-state index in [1.165, 1.54) is 18.4 Å². The molecule has 2 unspecified atom stereocenters. The van der Waals surface area contributed by atoms with Gasteiger partial charge in [0.15, 0.2) is 0 Å². The zero-order valence-corrected chi connectivity index (χ0v) is 11.9. The lowest BCUT2D eigenvalue weighted by Crippen LogP contribution is -2.17. The molecule has 2 rings (SSSR count). The van der Waals surface area contributed by atoms with E-state index in [-0.39, 0.29) is 5.82 Å². The molecule has 106 valence electrons. The van der Waals surface area contributed by atoms with Gasteiger partial charge in [0, 0.05) is 12.6 Å². The van der Waals surface area contributed by atoms with Gasteiger partial charge in [-0.3, -0.25) is 0 Å². The standard InChI is InChI=1S/C16H24FNO/c1-12-11-13(8-9-15(12)17)16(18-2)7-3-5-14-6-4-10-19-14/h8-9,11,14,16,18H,3-7,10H2,1-2H3. The quantitative estimate of drug-likeness (QED) is 0.846. The molecule has 1 fully saturated rings. The summed E-state index contributed by atoms with van der Waals surface area (Å²) in [4.78, 5) is 0. The molecule has 1 aromatic carbocycles. The van der Waals surface area contributed by atoms with Crippen LogP contribution in [0.4, 0.5) is 4.39 Å². The summed E-state index contributed by atoms with van der Waals surface area (Å²) in [5.41, 5.74) is 1.89. The zero-order chi connectivity index (χ0) is 13.7. The highest BCUT2D eigenvalue weighted by atomic mass is 19.1. The third-order valence-corrected chi connectivity index (χ3v) is 3.98. The Labute approximate surface area is 115 Å². The van der Waals surface area contributed by atoms with Crippen LogP contribution >= 0.6 is 0 Å². The first-order valence-electron chi connectivity index (χ1n) is 7.25. The zero-order valence-electron chi connectivity index (χ0n) is 11.9. The number of ether oxygens (including phenoxy) is 1. The molecule has 1 saturated heterocycles. The van der Waals surface area contributed by atoms with Crippen molar-refractivity contribution in [1.29, 1.82) is 0 Å². The predicted molar refractivity (Wildman–Crippen MR) is 75.8 cm³/mol. The van der Waals surface area contributed by atoms with Gasteiger partial charge in [-0.1, -0.05) is 12.1 Å². The molecule has 2 atom stereocenters. The maximum Gasteiger partial charge on any atom is 0.126 e. The second-order valence-electron chi connectivity index (χ2n) is 5.42. The molecular weight excluding hydrogens is 241 g/mol. The second-order valence-corrected chi connectivity index (χ2v) is 5.42. The highest BCUT2D eigenvalue weighted by molar-refractivity contribution is 5.26. The minimum atomic E-state index is -0.127. The van der Waals surface area contributed by atoms with E-state index in [1.807, 2.05) is 26.1 Å². The van der Waals surface area contributed by atoms with Crippen LogP contribution in [0.3, 0.4) is 0 Å². The van der Waals surface area contributed by atoms with Crippen LogP contribution in [0.15, 0.2) is 18.2 Å². The lowest BCUT2D eigenvalue weighted by Gasteiger charge is -2.18. The van der Waals surface area contributed by atoms with E-state index in [0.29, 0.717) is 12.1 Å². The normalized spacial score (nSPS) is 20.7. The minimum absolute atomic E-state index is 0.127. The summed E-state index contributed by atoms with van der Waals surface area (Å²) in [6.45, 7) is 2.75. The van der Waals surface area contributed by atoms with E-state index in [9.17, 15) is 4.39 Å². The molecule has 3 heteroatoms. The molecule has 0 aromatic heterocycles. The largest absolute Gasteiger partial charge is 0.378 e. The smallest absolute Gasteiger partial charge is 0.126 e. The molecule has 1 aromatic rings. The van der Waals surface area contributed by atoms with Crippen molar-refractivity contribution in [2.75, 3.05) is 13.7 Å². The first-order valence-corrected chi connectivity index (χ1v) is 7.25. The molecule has 0 radical (unpaired) electrons. The van der Waals surface area contributed by atoms with Crippen molar-refractivity contribution in [3.05, 3.63) is 35.1 Å². The van der Waals surface area contributed by atoms with Gasteiger partial charge in [-0.15, -0.1) is 0 Å². The maximum atomic E-state index is 13.3. The van der Waals surface area contributed by atoms with Crippen molar-refractivity contribution in [3.63, 3.8) is 0 Å². The summed E-state index contributed by atoms with van der Waals surface area (Å²) >= 11 is 0. The van der Waals surface area contributed by atoms with Crippen molar-refractivity contribution < 1.29 is 9.13 Å². The fraction of sp³-hybridized carbons (Fsp3) is 0.625. The fourth-order valence-corrected chi connectivity index (χ4v) is 2.78. The number of hydrogen-bond donors (Lipinski definition) is 1. The van der Waals surface area contributed by atoms with Gasteiger partial charge in [0.1, 0.15) is 5.82 Å². The third-order valence-electron chi connectivity index (χ3n) is 3.98. The van der Waals surface area contributed by atoms with Crippen molar-refractivity contribution in [2.24, 2.45) is 0 Å². The average Bonchev–Trinajstić information content (AvgIpc) is 2.91. The summed E-state index contributed by atoms with van der Waals surface area (Å²) in [5, 5.41) is 3.33. The van der Waals surface area contributed by atoms with Crippen molar-refractivity contribution in [1.82, 2.24) is 5.32 Å². The van der Waals surface area contributed by atoms with Gasteiger partial charge in [-0.05, 0) is 63.3 Å². The molecule has 0 saturated carbocycles. The van der Waals surface area contributed by atoms with Crippen molar-refractivity contribution in [2.45, 2.75) is 51.2 Å². The van der Waals surface area contributed by atoms with E-state index < -0.39 is 0 Å². The van der Waals surface area contributed by atoms with E-state index in [1.54, 1.807) is 6.07 Å². The van der Waals surface area contributed by atoms with Gasteiger partial charge < -0.3 is 10.1 Å². The highest BCUT2D eigenvalue weighted by Gasteiger charge is 2.16. The highest BCUT2D eigenvalue weighted by Crippen LogP contribution is 2.24. The van der Waals surface area contributed by atoms with Crippen LogP contribution in [0.5, 0.6) is 0 Å². The topological polar surface area (TPSA) is 21.3 Å². The van der Waals surface area contributed by atoms with Gasteiger partial charge in [-0.25, -0.2) is 4.39 Å². The van der Waals surface area contributed by atoms with Crippen LogP contribution in [0.1, 0.15) is 49.3 Å². The number of hydrogen-bond acceptors (Lipinski definition) is 2. The van der Waals surface area contributed by atoms with Gasteiger partial charge >= 0.3 is 0 Å². The molecule has 1 aliphatic heterocycles. The van der Waals surface area contributed by atoms with Crippen LogP contribution in [-0.4, -0.2) is 19.8 Å². The monoisotopic (exact) mass is 265 g/mol. The van der Waals surface area contributed by atoms with Crippen LogP contribution < -0.4 is 5.32 Å². The molecule has 0 amide bonds. The number of benzene rings is 1. The Balaban J connectivity index is 1.86. The number of nitrogens with one attached hydrogen (secondary N) is 1. The van der Waals surface area contributed by atoms with E-state index in [4.69, 9.17) is 4.74 Å². The summed E-state index contributed by atoms with van der Waals surface area (Å²) in [6, 6.07) is 5.70. The molecule has 0 bridgehead atoms. The molecule has 1 N–H and O–H groups in total. The van der Waals surface area contributed by atoms with Gasteiger partial charge in [0.25, 0.3) is 0 Å².